The van der Waals surface area contributed by atoms with Crippen LogP contribution in [0.25, 0.3) is 11.0 Å². The van der Waals surface area contributed by atoms with Crippen molar-refractivity contribution in [1.82, 2.24) is 15.0 Å². The largest absolute Gasteiger partial charge is 0.368 e. The monoisotopic (exact) mass is 332 g/mol. The van der Waals surface area contributed by atoms with E-state index in [1.54, 1.807) is 0 Å². The van der Waals surface area contributed by atoms with E-state index in [2.05, 4.69) is 28.3 Å². The van der Waals surface area contributed by atoms with E-state index in [1.165, 1.54) is 0 Å². The molecule has 0 aliphatic heterocycles. The molecule has 0 saturated heterocycles. The number of unbranched alkanes of at least 4 members (excludes halogenated alkanes) is 1. The number of pyridine rings is 1. The van der Waals surface area contributed by atoms with Crippen molar-refractivity contribution in [3.8, 4) is 6.07 Å². The van der Waals surface area contributed by atoms with Gasteiger partial charge in [0.2, 0.25) is 5.95 Å². The molecule has 0 amide bonds. The number of nitriles is 1. The summed E-state index contributed by atoms with van der Waals surface area (Å²) in [5.74, 6) is 0.891. The van der Waals surface area contributed by atoms with Gasteiger partial charge in [-0.05, 0) is 30.2 Å². The smallest absolute Gasteiger partial charge is 0.222 e. The number of nitrogen functional groups attached to an aromatic ring is 1. The molecule has 3 rings (SSSR count). The number of nitrogens with two attached hydrogens (primary N) is 1. The molecule has 3 aromatic rings. The van der Waals surface area contributed by atoms with Crippen LogP contribution >= 0.6 is 0 Å². The second-order valence-corrected chi connectivity index (χ2v) is 5.83. The number of aromatic nitrogens is 3. The summed E-state index contributed by atoms with van der Waals surface area (Å²) in [7, 11) is 0. The topological polar surface area (TPSA) is 101 Å². The Kier molecular flexibility index (Phi) is 5.05. The standard InChI is InChI=1S/C19H20N6/c1-2-3-10-22-18-17-16(24-19(21)25-18)9-8-15(23-17)11-13-6-4-5-7-14(13)12-20/h4-9H,2-3,10-11H2,1H3,(H3,21,22,24,25). The maximum Gasteiger partial charge on any atom is 0.222 e. The molecule has 0 aliphatic carbocycles. The Labute approximate surface area is 146 Å². The zero-order valence-electron chi connectivity index (χ0n) is 14.2. The van der Waals surface area contributed by atoms with Gasteiger partial charge in [0, 0.05) is 18.7 Å². The van der Waals surface area contributed by atoms with Crippen molar-refractivity contribution in [1.29, 1.82) is 5.26 Å². The number of benzene rings is 1. The Morgan fingerprint density at radius 1 is 1.12 bits per heavy atom. The SMILES string of the molecule is CCCCNc1nc(N)nc2ccc(Cc3ccccc3C#N)nc12. The fourth-order valence-electron chi connectivity index (χ4n) is 2.66. The molecular formula is C19H20N6. The van der Waals surface area contributed by atoms with Gasteiger partial charge in [-0.2, -0.15) is 10.2 Å². The maximum absolute atomic E-state index is 9.25. The molecule has 126 valence electrons. The van der Waals surface area contributed by atoms with Crippen LogP contribution in [0, 0.1) is 11.3 Å². The van der Waals surface area contributed by atoms with Gasteiger partial charge in [-0.1, -0.05) is 31.5 Å². The lowest BCUT2D eigenvalue weighted by Crippen LogP contribution is -2.08. The highest BCUT2D eigenvalue weighted by Gasteiger charge is 2.10. The van der Waals surface area contributed by atoms with Gasteiger partial charge in [-0.15, -0.1) is 0 Å². The quantitative estimate of drug-likeness (QED) is 0.672. The fraction of sp³-hybridized carbons (Fsp3) is 0.263. The molecule has 6 nitrogen and oxygen atoms in total. The minimum absolute atomic E-state index is 0.232. The van der Waals surface area contributed by atoms with Crippen LogP contribution in [0.3, 0.4) is 0 Å². The third kappa shape index (κ3) is 3.83. The molecule has 0 aliphatic rings. The van der Waals surface area contributed by atoms with Gasteiger partial charge < -0.3 is 11.1 Å². The molecule has 3 N–H and O–H groups in total. The summed E-state index contributed by atoms with van der Waals surface area (Å²) in [6.07, 6.45) is 2.72. The lowest BCUT2D eigenvalue weighted by Gasteiger charge is -2.10. The lowest BCUT2D eigenvalue weighted by molar-refractivity contribution is 0.831. The lowest BCUT2D eigenvalue weighted by atomic mass is 10.0. The first-order valence-electron chi connectivity index (χ1n) is 8.36. The number of nitrogens with zero attached hydrogens (tertiary/aromatic N) is 4. The molecular weight excluding hydrogens is 312 g/mol. The highest BCUT2D eigenvalue weighted by atomic mass is 15.1. The van der Waals surface area contributed by atoms with Gasteiger partial charge in [-0.3, -0.25) is 0 Å². The van der Waals surface area contributed by atoms with Crippen LogP contribution in [0.2, 0.25) is 0 Å². The average Bonchev–Trinajstić information content (AvgIpc) is 2.62. The minimum atomic E-state index is 0.232. The van der Waals surface area contributed by atoms with Crippen LogP contribution in [0.1, 0.15) is 36.6 Å². The third-order valence-corrected chi connectivity index (χ3v) is 3.95. The zero-order valence-corrected chi connectivity index (χ0v) is 14.2. The van der Waals surface area contributed by atoms with E-state index in [0.717, 1.165) is 30.6 Å². The number of rotatable bonds is 6. The summed E-state index contributed by atoms with van der Waals surface area (Å²) in [4.78, 5) is 13.3. The average molecular weight is 332 g/mol. The van der Waals surface area contributed by atoms with E-state index >= 15 is 0 Å². The van der Waals surface area contributed by atoms with E-state index in [4.69, 9.17) is 10.7 Å². The van der Waals surface area contributed by atoms with Crippen LogP contribution in [0.15, 0.2) is 36.4 Å². The van der Waals surface area contributed by atoms with Crippen molar-refractivity contribution >= 4 is 22.8 Å². The third-order valence-electron chi connectivity index (χ3n) is 3.95. The summed E-state index contributed by atoms with van der Waals surface area (Å²) in [5, 5.41) is 12.5. The Balaban J connectivity index is 1.96. The normalized spacial score (nSPS) is 10.6. The highest BCUT2D eigenvalue weighted by molar-refractivity contribution is 5.86. The number of fused-ring (bicyclic) bond motifs is 1. The predicted molar refractivity (Wildman–Crippen MR) is 99.1 cm³/mol. The molecule has 0 radical (unpaired) electrons. The van der Waals surface area contributed by atoms with E-state index in [-0.39, 0.29) is 5.95 Å². The Hall–Kier alpha value is -3.20. The van der Waals surface area contributed by atoms with Crippen LogP contribution in [0.5, 0.6) is 0 Å². The number of hydrogen-bond acceptors (Lipinski definition) is 6. The highest BCUT2D eigenvalue weighted by Crippen LogP contribution is 2.21. The number of hydrogen-bond donors (Lipinski definition) is 2. The second kappa shape index (κ2) is 7.58. The number of nitrogens with one attached hydrogen (secondary N) is 1. The first kappa shape index (κ1) is 16.7. The van der Waals surface area contributed by atoms with Crippen LogP contribution < -0.4 is 11.1 Å². The van der Waals surface area contributed by atoms with Gasteiger partial charge >= 0.3 is 0 Å². The second-order valence-electron chi connectivity index (χ2n) is 5.83. The van der Waals surface area contributed by atoms with Gasteiger partial charge in [0.1, 0.15) is 5.52 Å². The van der Waals surface area contributed by atoms with Crippen molar-refractivity contribution in [2.45, 2.75) is 26.2 Å². The van der Waals surface area contributed by atoms with E-state index < -0.39 is 0 Å². The van der Waals surface area contributed by atoms with E-state index in [0.29, 0.717) is 28.8 Å². The molecule has 0 spiro atoms. The maximum atomic E-state index is 9.25. The molecule has 0 fully saturated rings. The summed E-state index contributed by atoms with van der Waals surface area (Å²) in [5.41, 5.74) is 9.70. The van der Waals surface area contributed by atoms with E-state index in [1.807, 2.05) is 36.4 Å². The van der Waals surface area contributed by atoms with Gasteiger partial charge in [0.05, 0.1) is 17.1 Å². The minimum Gasteiger partial charge on any atom is -0.368 e. The predicted octanol–water partition coefficient (Wildman–Crippen LogP) is 3.28. The number of anilines is 2. The summed E-state index contributed by atoms with van der Waals surface area (Å²) >= 11 is 0. The van der Waals surface area contributed by atoms with Crippen molar-refractivity contribution in [2.75, 3.05) is 17.6 Å². The van der Waals surface area contributed by atoms with Crippen LogP contribution in [-0.2, 0) is 6.42 Å². The van der Waals surface area contributed by atoms with E-state index in [9.17, 15) is 5.26 Å². The Morgan fingerprint density at radius 3 is 2.76 bits per heavy atom. The van der Waals surface area contributed by atoms with Crippen molar-refractivity contribution in [3.63, 3.8) is 0 Å². The molecule has 0 bridgehead atoms. The van der Waals surface area contributed by atoms with Crippen molar-refractivity contribution in [2.24, 2.45) is 0 Å². The summed E-state index contributed by atoms with van der Waals surface area (Å²) in [6.45, 7) is 2.95. The van der Waals surface area contributed by atoms with Crippen molar-refractivity contribution < 1.29 is 0 Å². The molecule has 2 heterocycles. The molecule has 0 unspecified atom stereocenters. The van der Waals surface area contributed by atoms with Crippen molar-refractivity contribution in [3.05, 3.63) is 53.2 Å². The van der Waals surface area contributed by atoms with Gasteiger partial charge in [0.25, 0.3) is 0 Å². The fourth-order valence-corrected chi connectivity index (χ4v) is 2.66. The first-order chi connectivity index (χ1) is 12.2. The van der Waals surface area contributed by atoms with Gasteiger partial charge in [0.15, 0.2) is 5.82 Å². The zero-order chi connectivity index (χ0) is 17.6. The van der Waals surface area contributed by atoms with Crippen LogP contribution in [-0.4, -0.2) is 21.5 Å². The molecule has 25 heavy (non-hydrogen) atoms. The summed E-state index contributed by atoms with van der Waals surface area (Å²) in [6, 6.07) is 13.6. The summed E-state index contributed by atoms with van der Waals surface area (Å²) < 4.78 is 0. The first-order valence-corrected chi connectivity index (χ1v) is 8.36. The van der Waals surface area contributed by atoms with Crippen LogP contribution in [0.4, 0.5) is 11.8 Å². The molecule has 1 aromatic carbocycles. The Morgan fingerprint density at radius 2 is 1.96 bits per heavy atom. The Bertz CT molecular complexity index is 929. The van der Waals surface area contributed by atoms with Gasteiger partial charge in [-0.25, -0.2) is 9.97 Å². The molecule has 6 heteroatoms. The molecule has 0 atom stereocenters. The molecule has 2 aromatic heterocycles. The molecule has 0 saturated carbocycles.